The first-order valence-electron chi connectivity index (χ1n) is 10.4. The predicted octanol–water partition coefficient (Wildman–Crippen LogP) is 4.50. The van der Waals surface area contributed by atoms with Gasteiger partial charge in [0.15, 0.2) is 6.10 Å². The molecule has 0 bridgehead atoms. The van der Waals surface area contributed by atoms with Gasteiger partial charge in [-0.2, -0.15) is 0 Å². The molecule has 1 unspecified atom stereocenters. The molecule has 30 heavy (non-hydrogen) atoms. The van der Waals surface area contributed by atoms with E-state index in [1.54, 1.807) is 43.0 Å². The molecule has 2 amide bonds. The third-order valence-electron chi connectivity index (χ3n) is 5.05. The smallest absolute Gasteiger partial charge is 0.263 e. The summed E-state index contributed by atoms with van der Waals surface area (Å²) < 4.78 is 5.90. The molecule has 0 saturated carbocycles. The van der Waals surface area contributed by atoms with E-state index in [-0.39, 0.29) is 17.2 Å². The van der Waals surface area contributed by atoms with Gasteiger partial charge in [-0.3, -0.25) is 9.59 Å². The summed E-state index contributed by atoms with van der Waals surface area (Å²) in [6.45, 7) is 11.3. The highest BCUT2D eigenvalue weighted by Crippen LogP contribution is 2.25. The lowest BCUT2D eigenvalue weighted by molar-refractivity contribution is -0.138. The number of benzene rings is 2. The molecule has 1 atom stereocenters. The number of nitrogens with zero attached hydrogens (tertiary/aromatic N) is 2. The first kappa shape index (κ1) is 23.5. The second-order valence-electron chi connectivity index (χ2n) is 8.78. The van der Waals surface area contributed by atoms with Crippen LogP contribution >= 0.6 is 0 Å². The normalized spacial score (nSPS) is 12.2. The summed E-state index contributed by atoms with van der Waals surface area (Å²) in [6, 6.07) is 15.3. The predicted molar refractivity (Wildman–Crippen MR) is 121 cm³/mol. The van der Waals surface area contributed by atoms with Gasteiger partial charge in [0.2, 0.25) is 0 Å². The Labute approximate surface area is 180 Å². The Balaban J connectivity index is 2.02. The number of hydrogen-bond acceptors (Lipinski definition) is 3. The molecule has 0 aliphatic heterocycles. The molecule has 2 aromatic rings. The molecule has 0 saturated heterocycles. The summed E-state index contributed by atoms with van der Waals surface area (Å²) in [7, 11) is 3.46. The van der Waals surface area contributed by atoms with Crippen LogP contribution in [-0.2, 0) is 16.8 Å². The van der Waals surface area contributed by atoms with Crippen LogP contribution in [0.3, 0.4) is 0 Å². The standard InChI is InChI=1S/C25H34N2O3/c1-8-27(17-19-9-11-20(12-10-19)24(29)26(6)7)23(28)18(2)30-22-15-13-21(14-16-22)25(3,4)5/h9-16,18H,8,17H2,1-7H3. The first-order chi connectivity index (χ1) is 14.0. The van der Waals surface area contributed by atoms with E-state index in [0.29, 0.717) is 24.4 Å². The van der Waals surface area contributed by atoms with Crippen LogP contribution in [0.15, 0.2) is 48.5 Å². The fraction of sp³-hybridized carbons (Fsp3) is 0.440. The van der Waals surface area contributed by atoms with Gasteiger partial charge in [0.05, 0.1) is 0 Å². The summed E-state index contributed by atoms with van der Waals surface area (Å²) in [5, 5.41) is 0. The highest BCUT2D eigenvalue weighted by Gasteiger charge is 2.22. The second-order valence-corrected chi connectivity index (χ2v) is 8.78. The molecule has 0 aliphatic rings. The van der Waals surface area contributed by atoms with Gasteiger partial charge in [-0.1, -0.05) is 45.0 Å². The van der Waals surface area contributed by atoms with Gasteiger partial charge < -0.3 is 14.5 Å². The molecule has 162 valence electrons. The van der Waals surface area contributed by atoms with Crippen LogP contribution in [0.1, 0.15) is 56.1 Å². The summed E-state index contributed by atoms with van der Waals surface area (Å²) in [6.07, 6.45) is -0.583. The molecule has 0 fully saturated rings. The van der Waals surface area contributed by atoms with E-state index < -0.39 is 6.10 Å². The molecular formula is C25H34N2O3. The van der Waals surface area contributed by atoms with Gasteiger partial charge in [0.1, 0.15) is 5.75 Å². The summed E-state index contributed by atoms with van der Waals surface area (Å²) >= 11 is 0. The van der Waals surface area contributed by atoms with E-state index in [0.717, 1.165) is 5.56 Å². The van der Waals surface area contributed by atoms with Crippen molar-refractivity contribution < 1.29 is 14.3 Å². The summed E-state index contributed by atoms with van der Waals surface area (Å²) in [5.74, 6) is 0.585. The minimum Gasteiger partial charge on any atom is -0.481 e. The van der Waals surface area contributed by atoms with Gasteiger partial charge in [-0.05, 0) is 54.7 Å². The van der Waals surface area contributed by atoms with Crippen molar-refractivity contribution >= 4 is 11.8 Å². The minimum atomic E-state index is -0.583. The van der Waals surface area contributed by atoms with Crippen LogP contribution in [0.2, 0.25) is 0 Å². The van der Waals surface area contributed by atoms with E-state index in [9.17, 15) is 9.59 Å². The average Bonchev–Trinajstić information content (AvgIpc) is 2.71. The van der Waals surface area contributed by atoms with Crippen LogP contribution < -0.4 is 4.74 Å². The van der Waals surface area contributed by atoms with E-state index >= 15 is 0 Å². The molecular weight excluding hydrogens is 376 g/mol. The van der Waals surface area contributed by atoms with Crippen LogP contribution in [-0.4, -0.2) is 48.4 Å². The number of carbonyl (C=O) groups excluding carboxylic acids is 2. The number of hydrogen-bond donors (Lipinski definition) is 0. The van der Waals surface area contributed by atoms with E-state index in [1.807, 2.05) is 43.3 Å². The van der Waals surface area contributed by atoms with Crippen LogP contribution in [0.25, 0.3) is 0 Å². The Morgan fingerprint density at radius 2 is 1.53 bits per heavy atom. The first-order valence-corrected chi connectivity index (χ1v) is 10.4. The molecule has 2 aromatic carbocycles. The highest BCUT2D eigenvalue weighted by molar-refractivity contribution is 5.93. The third-order valence-corrected chi connectivity index (χ3v) is 5.05. The van der Waals surface area contributed by atoms with Crippen molar-refractivity contribution in [3.63, 3.8) is 0 Å². The molecule has 0 radical (unpaired) electrons. The fourth-order valence-corrected chi connectivity index (χ4v) is 3.12. The Kier molecular flexibility index (Phi) is 7.65. The highest BCUT2D eigenvalue weighted by atomic mass is 16.5. The lowest BCUT2D eigenvalue weighted by Gasteiger charge is -2.25. The molecule has 0 N–H and O–H groups in total. The van der Waals surface area contributed by atoms with Gasteiger partial charge in [0, 0.05) is 32.7 Å². The van der Waals surface area contributed by atoms with Crippen LogP contribution in [0.4, 0.5) is 0 Å². The van der Waals surface area contributed by atoms with Crippen molar-refractivity contribution in [1.82, 2.24) is 9.80 Å². The Hall–Kier alpha value is -2.82. The minimum absolute atomic E-state index is 0.0375. The molecule has 5 nitrogen and oxygen atoms in total. The third kappa shape index (κ3) is 6.09. The zero-order valence-electron chi connectivity index (χ0n) is 19.2. The van der Waals surface area contributed by atoms with E-state index in [2.05, 4.69) is 20.8 Å². The maximum absolute atomic E-state index is 12.9. The molecule has 0 spiro atoms. The van der Waals surface area contributed by atoms with E-state index in [4.69, 9.17) is 4.74 Å². The van der Waals surface area contributed by atoms with Crippen molar-refractivity contribution in [1.29, 1.82) is 0 Å². The lowest BCUT2D eigenvalue weighted by atomic mass is 9.87. The molecule has 0 aromatic heterocycles. The maximum Gasteiger partial charge on any atom is 0.263 e. The maximum atomic E-state index is 12.9. The SMILES string of the molecule is CCN(Cc1ccc(C(=O)N(C)C)cc1)C(=O)C(C)Oc1ccc(C(C)(C)C)cc1. The van der Waals surface area contributed by atoms with Crippen molar-refractivity contribution in [2.75, 3.05) is 20.6 Å². The number of likely N-dealkylation sites (N-methyl/N-ethyl adjacent to an activating group) is 1. The number of rotatable bonds is 7. The fourth-order valence-electron chi connectivity index (χ4n) is 3.12. The van der Waals surface area contributed by atoms with Crippen molar-refractivity contribution in [2.24, 2.45) is 0 Å². The monoisotopic (exact) mass is 410 g/mol. The van der Waals surface area contributed by atoms with Crippen molar-refractivity contribution in [2.45, 2.75) is 52.7 Å². The van der Waals surface area contributed by atoms with Crippen molar-refractivity contribution in [3.8, 4) is 5.75 Å². The quantitative estimate of drug-likeness (QED) is 0.675. The molecule has 2 rings (SSSR count). The molecule has 0 aliphatic carbocycles. The van der Waals surface area contributed by atoms with Gasteiger partial charge in [-0.15, -0.1) is 0 Å². The Bertz CT molecular complexity index is 849. The average molecular weight is 411 g/mol. The van der Waals surface area contributed by atoms with Crippen LogP contribution in [0, 0.1) is 0 Å². The molecule has 0 heterocycles. The zero-order chi connectivity index (χ0) is 22.5. The Morgan fingerprint density at radius 1 is 0.967 bits per heavy atom. The summed E-state index contributed by atoms with van der Waals surface area (Å²) in [5.41, 5.74) is 2.90. The number of amides is 2. The number of ether oxygens (including phenoxy) is 1. The van der Waals surface area contributed by atoms with E-state index in [1.165, 1.54) is 5.56 Å². The van der Waals surface area contributed by atoms with Gasteiger partial charge in [0.25, 0.3) is 11.8 Å². The largest absolute Gasteiger partial charge is 0.481 e. The second kappa shape index (κ2) is 9.79. The van der Waals surface area contributed by atoms with Crippen molar-refractivity contribution in [3.05, 3.63) is 65.2 Å². The van der Waals surface area contributed by atoms with Crippen LogP contribution in [0.5, 0.6) is 5.75 Å². The topological polar surface area (TPSA) is 49.9 Å². The zero-order valence-corrected chi connectivity index (χ0v) is 19.2. The molecule has 5 heteroatoms. The summed E-state index contributed by atoms with van der Waals surface area (Å²) in [4.78, 5) is 28.2. The Morgan fingerprint density at radius 3 is 2.00 bits per heavy atom. The lowest BCUT2D eigenvalue weighted by Crippen LogP contribution is -2.40. The van der Waals surface area contributed by atoms with Gasteiger partial charge in [-0.25, -0.2) is 0 Å². The van der Waals surface area contributed by atoms with Gasteiger partial charge >= 0.3 is 0 Å². The number of carbonyl (C=O) groups is 2.